The predicted molar refractivity (Wildman–Crippen MR) is 67.1 cm³/mol. The maximum absolute atomic E-state index is 11.0. The summed E-state index contributed by atoms with van der Waals surface area (Å²) < 4.78 is 0. The Balaban J connectivity index is 2.24. The van der Waals surface area contributed by atoms with Gasteiger partial charge in [-0.05, 0) is 36.6 Å². The van der Waals surface area contributed by atoms with E-state index < -0.39 is 11.9 Å². The van der Waals surface area contributed by atoms with Crippen LogP contribution in [0.2, 0.25) is 0 Å². The minimum atomic E-state index is -0.754. The molecule has 1 aliphatic rings. The molecule has 0 aromatic heterocycles. The number of hydrogen-bond acceptors (Lipinski definition) is 2. The van der Waals surface area contributed by atoms with E-state index in [0.29, 0.717) is 0 Å². The molecule has 0 amide bonds. The van der Waals surface area contributed by atoms with Gasteiger partial charge in [-0.15, -0.1) is 0 Å². The summed E-state index contributed by atoms with van der Waals surface area (Å²) in [6, 6.07) is 6.11. The molecule has 0 spiro atoms. The molecule has 3 nitrogen and oxygen atoms in total. The van der Waals surface area contributed by atoms with Crippen LogP contribution in [0.5, 0.6) is 0 Å². The predicted octanol–water partition coefficient (Wildman–Crippen LogP) is 2.25. The highest BCUT2D eigenvalue weighted by molar-refractivity contribution is 5.75. The van der Waals surface area contributed by atoms with Crippen molar-refractivity contribution in [3.05, 3.63) is 34.9 Å². The normalized spacial score (nSPS) is 17.5. The molecule has 1 aliphatic heterocycles. The van der Waals surface area contributed by atoms with E-state index in [4.69, 9.17) is 5.11 Å². The Bertz CT molecular complexity index is 428. The Morgan fingerprint density at radius 1 is 1.47 bits per heavy atom. The van der Waals surface area contributed by atoms with Gasteiger partial charge in [0.05, 0.1) is 5.92 Å². The third-order valence-corrected chi connectivity index (χ3v) is 3.64. The molecule has 3 heteroatoms. The van der Waals surface area contributed by atoms with Gasteiger partial charge in [0.1, 0.15) is 0 Å². The Morgan fingerprint density at radius 2 is 2.24 bits per heavy atom. The molecule has 1 aromatic rings. The Kier molecular flexibility index (Phi) is 3.48. The van der Waals surface area contributed by atoms with Gasteiger partial charge in [-0.25, -0.2) is 0 Å². The number of benzene rings is 1. The van der Waals surface area contributed by atoms with Crippen molar-refractivity contribution in [3.8, 4) is 0 Å². The molecule has 2 rings (SSSR count). The van der Waals surface area contributed by atoms with Gasteiger partial charge in [-0.3, -0.25) is 9.69 Å². The molecule has 0 aliphatic carbocycles. The van der Waals surface area contributed by atoms with Crippen LogP contribution < -0.4 is 0 Å². The highest BCUT2D eigenvalue weighted by atomic mass is 16.4. The molecule has 1 aromatic carbocycles. The first kappa shape index (κ1) is 12.1. The lowest BCUT2D eigenvalue weighted by atomic mass is 9.92. The fourth-order valence-electron chi connectivity index (χ4n) is 2.31. The summed E-state index contributed by atoms with van der Waals surface area (Å²) in [4.78, 5) is 13.4. The second-order valence-electron chi connectivity index (χ2n) is 4.71. The van der Waals surface area contributed by atoms with Crippen molar-refractivity contribution in [2.45, 2.75) is 32.7 Å². The SMILES string of the molecule is CCN1CCc2cc(C(C)C(=O)O)ccc2C1. The monoisotopic (exact) mass is 233 g/mol. The van der Waals surface area contributed by atoms with Crippen LogP contribution >= 0.6 is 0 Å². The molecule has 92 valence electrons. The van der Waals surface area contributed by atoms with E-state index in [0.717, 1.165) is 31.6 Å². The number of carbonyl (C=O) groups is 1. The second kappa shape index (κ2) is 4.88. The van der Waals surface area contributed by atoms with Gasteiger partial charge < -0.3 is 5.11 Å². The van der Waals surface area contributed by atoms with E-state index in [1.165, 1.54) is 11.1 Å². The fraction of sp³-hybridized carbons (Fsp3) is 0.500. The van der Waals surface area contributed by atoms with Gasteiger partial charge in [0.2, 0.25) is 0 Å². The van der Waals surface area contributed by atoms with Crippen molar-refractivity contribution in [2.75, 3.05) is 13.1 Å². The van der Waals surface area contributed by atoms with Gasteiger partial charge in [0.15, 0.2) is 0 Å². The van der Waals surface area contributed by atoms with Crippen molar-refractivity contribution in [2.24, 2.45) is 0 Å². The first-order valence-corrected chi connectivity index (χ1v) is 6.18. The van der Waals surface area contributed by atoms with E-state index in [1.54, 1.807) is 6.92 Å². The largest absolute Gasteiger partial charge is 0.481 e. The first-order valence-electron chi connectivity index (χ1n) is 6.18. The lowest BCUT2D eigenvalue weighted by Gasteiger charge is -2.28. The molecule has 0 radical (unpaired) electrons. The van der Waals surface area contributed by atoms with Crippen molar-refractivity contribution < 1.29 is 9.90 Å². The van der Waals surface area contributed by atoms with Crippen molar-refractivity contribution in [1.82, 2.24) is 4.90 Å². The van der Waals surface area contributed by atoms with E-state index in [2.05, 4.69) is 24.0 Å². The van der Waals surface area contributed by atoms with Gasteiger partial charge in [-0.2, -0.15) is 0 Å². The fourth-order valence-corrected chi connectivity index (χ4v) is 2.31. The highest BCUT2D eigenvalue weighted by Gasteiger charge is 2.18. The van der Waals surface area contributed by atoms with E-state index >= 15 is 0 Å². The minimum Gasteiger partial charge on any atom is -0.481 e. The Hall–Kier alpha value is -1.35. The van der Waals surface area contributed by atoms with Crippen LogP contribution in [0.15, 0.2) is 18.2 Å². The Labute approximate surface area is 102 Å². The summed E-state index contributed by atoms with van der Waals surface area (Å²) in [6.07, 6.45) is 1.03. The number of nitrogens with zero attached hydrogens (tertiary/aromatic N) is 1. The van der Waals surface area contributed by atoms with Crippen molar-refractivity contribution in [3.63, 3.8) is 0 Å². The third-order valence-electron chi connectivity index (χ3n) is 3.64. The smallest absolute Gasteiger partial charge is 0.310 e. The Morgan fingerprint density at radius 3 is 2.88 bits per heavy atom. The molecule has 1 N–H and O–H groups in total. The van der Waals surface area contributed by atoms with Crippen LogP contribution in [0, 0.1) is 0 Å². The molecule has 0 bridgehead atoms. The molecule has 1 heterocycles. The van der Waals surface area contributed by atoms with Crippen LogP contribution in [0.3, 0.4) is 0 Å². The average molecular weight is 233 g/mol. The van der Waals surface area contributed by atoms with Crippen LogP contribution in [0.1, 0.15) is 36.5 Å². The average Bonchev–Trinajstić information content (AvgIpc) is 2.36. The number of aliphatic carboxylic acids is 1. The summed E-state index contributed by atoms with van der Waals surface area (Å²) in [5.74, 6) is -1.17. The summed E-state index contributed by atoms with van der Waals surface area (Å²) in [7, 11) is 0. The molecule has 0 saturated heterocycles. The zero-order valence-corrected chi connectivity index (χ0v) is 10.4. The molecule has 0 fully saturated rings. The lowest BCUT2D eigenvalue weighted by molar-refractivity contribution is -0.138. The van der Waals surface area contributed by atoms with Gasteiger partial charge in [0.25, 0.3) is 0 Å². The van der Waals surface area contributed by atoms with E-state index in [-0.39, 0.29) is 0 Å². The molecule has 0 saturated carbocycles. The molecule has 1 atom stereocenters. The van der Waals surface area contributed by atoms with Crippen LogP contribution in [-0.4, -0.2) is 29.1 Å². The maximum atomic E-state index is 11.0. The zero-order chi connectivity index (χ0) is 12.4. The van der Waals surface area contributed by atoms with E-state index in [9.17, 15) is 4.79 Å². The lowest BCUT2D eigenvalue weighted by Crippen LogP contribution is -2.30. The number of fused-ring (bicyclic) bond motifs is 1. The molecule has 17 heavy (non-hydrogen) atoms. The number of hydrogen-bond donors (Lipinski definition) is 1. The van der Waals surface area contributed by atoms with Crippen LogP contribution in [0.25, 0.3) is 0 Å². The molecule has 1 unspecified atom stereocenters. The van der Waals surface area contributed by atoms with Gasteiger partial charge >= 0.3 is 5.97 Å². The zero-order valence-electron chi connectivity index (χ0n) is 10.4. The first-order chi connectivity index (χ1) is 8.11. The maximum Gasteiger partial charge on any atom is 0.310 e. The van der Waals surface area contributed by atoms with Crippen LogP contribution in [-0.2, 0) is 17.8 Å². The van der Waals surface area contributed by atoms with Crippen molar-refractivity contribution >= 4 is 5.97 Å². The summed E-state index contributed by atoms with van der Waals surface area (Å²) >= 11 is 0. The van der Waals surface area contributed by atoms with E-state index in [1.807, 2.05) is 6.07 Å². The number of likely N-dealkylation sites (N-methyl/N-ethyl adjacent to an activating group) is 1. The minimum absolute atomic E-state index is 0.412. The molecular formula is C14H19NO2. The number of carboxylic acids is 1. The van der Waals surface area contributed by atoms with Crippen molar-refractivity contribution in [1.29, 1.82) is 0 Å². The summed E-state index contributed by atoms with van der Waals surface area (Å²) in [6.45, 7) is 7.06. The summed E-state index contributed by atoms with van der Waals surface area (Å²) in [5, 5.41) is 9.01. The summed E-state index contributed by atoms with van der Waals surface area (Å²) in [5.41, 5.74) is 3.58. The third kappa shape index (κ3) is 2.50. The quantitative estimate of drug-likeness (QED) is 0.870. The van der Waals surface area contributed by atoms with Crippen LogP contribution in [0.4, 0.5) is 0 Å². The van der Waals surface area contributed by atoms with Gasteiger partial charge in [0, 0.05) is 13.1 Å². The molecular weight excluding hydrogens is 214 g/mol. The number of rotatable bonds is 3. The standard InChI is InChI=1S/C14H19NO2/c1-3-15-7-6-12-8-11(10(2)14(16)17)4-5-13(12)9-15/h4-5,8,10H,3,6-7,9H2,1-2H3,(H,16,17). The topological polar surface area (TPSA) is 40.5 Å². The second-order valence-corrected chi connectivity index (χ2v) is 4.71. The number of carboxylic acid groups (broad SMARTS) is 1. The van der Waals surface area contributed by atoms with Gasteiger partial charge in [-0.1, -0.05) is 25.1 Å². The highest BCUT2D eigenvalue weighted by Crippen LogP contribution is 2.24.